The van der Waals surface area contributed by atoms with E-state index in [0.717, 1.165) is 25.3 Å². The molecule has 0 aromatic heterocycles. The number of likely N-dealkylation sites (tertiary alicyclic amines) is 1. The molecule has 0 unspecified atom stereocenters. The van der Waals surface area contributed by atoms with E-state index in [4.69, 9.17) is 0 Å². The van der Waals surface area contributed by atoms with E-state index < -0.39 is 0 Å². The van der Waals surface area contributed by atoms with Crippen LogP contribution in [0.15, 0.2) is 30.3 Å². The highest BCUT2D eigenvalue weighted by Crippen LogP contribution is 2.26. The van der Waals surface area contributed by atoms with Crippen molar-refractivity contribution in [2.45, 2.75) is 44.2 Å². The summed E-state index contributed by atoms with van der Waals surface area (Å²) in [6.07, 6.45) is 5.69. The van der Waals surface area contributed by atoms with Gasteiger partial charge in [-0.2, -0.15) is 0 Å². The van der Waals surface area contributed by atoms with Crippen LogP contribution in [0, 0.1) is 5.92 Å². The van der Waals surface area contributed by atoms with Gasteiger partial charge in [0.25, 0.3) is 0 Å². The highest BCUT2D eigenvalue weighted by atomic mass is 16.3. The molecule has 0 radical (unpaired) electrons. The number of nitrogens with one attached hydrogen (secondary N) is 1. The Morgan fingerprint density at radius 2 is 1.81 bits per heavy atom. The van der Waals surface area contributed by atoms with Crippen LogP contribution in [0.1, 0.15) is 31.2 Å². The third-order valence-corrected chi connectivity index (χ3v) is 5.05. The standard InChI is InChI=1S/C18H28N2O/c21-18-12-16(13-18)14-19-17-7-10-20(11-8-17)9-6-15-4-2-1-3-5-15/h1-5,16-19,21H,6-14H2. The van der Waals surface area contributed by atoms with E-state index in [0.29, 0.717) is 6.04 Å². The van der Waals surface area contributed by atoms with Gasteiger partial charge in [-0.15, -0.1) is 0 Å². The predicted molar refractivity (Wildman–Crippen MR) is 86.3 cm³/mol. The molecule has 1 aliphatic heterocycles. The average Bonchev–Trinajstić information content (AvgIpc) is 2.50. The van der Waals surface area contributed by atoms with Crippen LogP contribution in [-0.2, 0) is 6.42 Å². The molecule has 3 rings (SSSR count). The normalized spacial score (nSPS) is 27.5. The fourth-order valence-electron chi connectivity index (χ4n) is 3.49. The molecule has 0 spiro atoms. The Balaban J connectivity index is 1.30. The second-order valence-electron chi connectivity index (χ2n) is 6.75. The largest absolute Gasteiger partial charge is 0.393 e. The van der Waals surface area contributed by atoms with Crippen LogP contribution in [0.4, 0.5) is 0 Å². The lowest BCUT2D eigenvalue weighted by molar-refractivity contribution is 0.0405. The molecule has 1 heterocycles. The van der Waals surface area contributed by atoms with Crippen LogP contribution < -0.4 is 5.32 Å². The van der Waals surface area contributed by atoms with E-state index in [2.05, 4.69) is 40.5 Å². The van der Waals surface area contributed by atoms with Crippen LogP contribution in [0.3, 0.4) is 0 Å². The van der Waals surface area contributed by atoms with Gasteiger partial charge in [-0.25, -0.2) is 0 Å². The van der Waals surface area contributed by atoms with Crippen molar-refractivity contribution in [1.82, 2.24) is 10.2 Å². The van der Waals surface area contributed by atoms with Crippen molar-refractivity contribution in [2.75, 3.05) is 26.2 Å². The number of hydrogen-bond donors (Lipinski definition) is 2. The minimum Gasteiger partial charge on any atom is -0.393 e. The zero-order chi connectivity index (χ0) is 14.5. The monoisotopic (exact) mass is 288 g/mol. The maximum atomic E-state index is 9.31. The fraction of sp³-hybridized carbons (Fsp3) is 0.667. The van der Waals surface area contributed by atoms with Gasteiger partial charge in [0.05, 0.1) is 6.10 Å². The molecule has 3 heteroatoms. The van der Waals surface area contributed by atoms with Crippen LogP contribution in [0.2, 0.25) is 0 Å². The van der Waals surface area contributed by atoms with Crippen LogP contribution in [0.5, 0.6) is 0 Å². The molecule has 0 bridgehead atoms. The van der Waals surface area contributed by atoms with E-state index in [1.54, 1.807) is 0 Å². The Morgan fingerprint density at radius 3 is 2.48 bits per heavy atom. The van der Waals surface area contributed by atoms with Gasteiger partial charge in [-0.3, -0.25) is 0 Å². The summed E-state index contributed by atoms with van der Waals surface area (Å²) in [5, 5.41) is 13.0. The lowest BCUT2D eigenvalue weighted by atomic mass is 9.82. The van der Waals surface area contributed by atoms with Gasteiger partial charge in [0, 0.05) is 12.6 Å². The van der Waals surface area contributed by atoms with Gasteiger partial charge in [0.15, 0.2) is 0 Å². The number of aliphatic hydroxyl groups excluding tert-OH is 1. The number of benzene rings is 1. The van der Waals surface area contributed by atoms with Gasteiger partial charge < -0.3 is 15.3 Å². The van der Waals surface area contributed by atoms with Crippen molar-refractivity contribution in [2.24, 2.45) is 5.92 Å². The molecular formula is C18H28N2O. The first kappa shape index (κ1) is 15.0. The number of rotatable bonds is 6. The molecule has 2 aliphatic rings. The quantitative estimate of drug-likeness (QED) is 0.841. The van der Waals surface area contributed by atoms with E-state index in [-0.39, 0.29) is 6.10 Å². The molecule has 2 N–H and O–H groups in total. The SMILES string of the molecule is OC1CC(CNC2CCN(CCc3ccccc3)CC2)C1. The second-order valence-corrected chi connectivity index (χ2v) is 6.75. The minimum absolute atomic E-state index is 0.0170. The van der Waals surface area contributed by atoms with Crippen molar-refractivity contribution < 1.29 is 5.11 Å². The number of nitrogens with zero attached hydrogens (tertiary/aromatic N) is 1. The summed E-state index contributed by atoms with van der Waals surface area (Å²) < 4.78 is 0. The van der Waals surface area contributed by atoms with Crippen molar-refractivity contribution in [1.29, 1.82) is 0 Å². The molecule has 0 amide bonds. The first-order valence-corrected chi connectivity index (χ1v) is 8.47. The van der Waals surface area contributed by atoms with Crippen molar-refractivity contribution in [3.8, 4) is 0 Å². The average molecular weight is 288 g/mol. The van der Waals surface area contributed by atoms with Gasteiger partial charge in [-0.1, -0.05) is 30.3 Å². The molecule has 1 aromatic carbocycles. The highest BCUT2D eigenvalue weighted by molar-refractivity contribution is 5.14. The van der Waals surface area contributed by atoms with Crippen molar-refractivity contribution in [3.05, 3.63) is 35.9 Å². The van der Waals surface area contributed by atoms with Gasteiger partial charge >= 0.3 is 0 Å². The lowest BCUT2D eigenvalue weighted by Crippen LogP contribution is -2.46. The fourth-order valence-corrected chi connectivity index (χ4v) is 3.49. The number of piperidine rings is 1. The zero-order valence-corrected chi connectivity index (χ0v) is 12.9. The van der Waals surface area contributed by atoms with Gasteiger partial charge in [0.1, 0.15) is 0 Å². The molecule has 116 valence electrons. The maximum absolute atomic E-state index is 9.31. The Hall–Kier alpha value is -0.900. The van der Waals surface area contributed by atoms with E-state index in [1.807, 2.05) is 0 Å². The third-order valence-electron chi connectivity index (χ3n) is 5.05. The Labute approximate surface area is 128 Å². The summed E-state index contributed by atoms with van der Waals surface area (Å²) in [6.45, 7) is 4.73. The van der Waals surface area contributed by atoms with E-state index >= 15 is 0 Å². The van der Waals surface area contributed by atoms with Crippen molar-refractivity contribution >= 4 is 0 Å². The van der Waals surface area contributed by atoms with Gasteiger partial charge in [0.2, 0.25) is 0 Å². The Kier molecular flexibility index (Phi) is 5.28. The molecule has 1 aromatic rings. The number of aliphatic hydroxyl groups is 1. The summed E-state index contributed by atoms with van der Waals surface area (Å²) in [7, 11) is 0. The lowest BCUT2D eigenvalue weighted by Gasteiger charge is -2.36. The Morgan fingerprint density at radius 1 is 1.10 bits per heavy atom. The van der Waals surface area contributed by atoms with Crippen LogP contribution in [0.25, 0.3) is 0 Å². The summed E-state index contributed by atoms with van der Waals surface area (Å²) in [5.74, 6) is 0.719. The maximum Gasteiger partial charge on any atom is 0.0546 e. The topological polar surface area (TPSA) is 35.5 Å². The predicted octanol–water partition coefficient (Wildman–Crippen LogP) is 2.05. The molecule has 1 aliphatic carbocycles. The summed E-state index contributed by atoms with van der Waals surface area (Å²) in [4.78, 5) is 2.60. The third kappa shape index (κ3) is 4.53. The smallest absolute Gasteiger partial charge is 0.0546 e. The summed E-state index contributed by atoms with van der Waals surface area (Å²) in [5.41, 5.74) is 1.45. The summed E-state index contributed by atoms with van der Waals surface area (Å²) >= 11 is 0. The minimum atomic E-state index is -0.0170. The molecular weight excluding hydrogens is 260 g/mol. The molecule has 2 fully saturated rings. The van der Waals surface area contributed by atoms with Crippen molar-refractivity contribution in [3.63, 3.8) is 0 Å². The van der Waals surface area contributed by atoms with Crippen LogP contribution >= 0.6 is 0 Å². The number of hydrogen-bond acceptors (Lipinski definition) is 3. The molecule has 0 atom stereocenters. The Bertz CT molecular complexity index is 408. The van der Waals surface area contributed by atoms with E-state index in [1.165, 1.54) is 44.5 Å². The summed E-state index contributed by atoms with van der Waals surface area (Å²) in [6, 6.07) is 11.5. The zero-order valence-electron chi connectivity index (χ0n) is 12.9. The van der Waals surface area contributed by atoms with Gasteiger partial charge in [-0.05, 0) is 63.2 Å². The highest BCUT2D eigenvalue weighted by Gasteiger charge is 2.28. The molecule has 1 saturated heterocycles. The van der Waals surface area contributed by atoms with Crippen LogP contribution in [-0.4, -0.2) is 48.3 Å². The second kappa shape index (κ2) is 7.39. The molecule has 21 heavy (non-hydrogen) atoms. The van der Waals surface area contributed by atoms with E-state index in [9.17, 15) is 5.11 Å². The molecule has 3 nitrogen and oxygen atoms in total. The first-order chi connectivity index (χ1) is 10.3. The molecule has 1 saturated carbocycles. The first-order valence-electron chi connectivity index (χ1n) is 8.47.